The Labute approximate surface area is 179 Å². The Kier molecular flexibility index (Phi) is 7.55. The number of nitrogens with zero attached hydrogens (tertiary/aromatic N) is 5. The fraction of sp³-hybridized carbons (Fsp3) is 0.864. The van der Waals surface area contributed by atoms with Crippen molar-refractivity contribution in [2.75, 3.05) is 49.8 Å². The summed E-state index contributed by atoms with van der Waals surface area (Å²) >= 11 is 0. The molecule has 0 aromatic carbocycles. The molecule has 0 fully saturated rings. The number of hydrogen-bond donors (Lipinski definition) is 2. The lowest BCUT2D eigenvalue weighted by Crippen LogP contribution is -2.46. The highest BCUT2D eigenvalue weighted by molar-refractivity contribution is 5.46. The number of anilines is 3. The van der Waals surface area contributed by atoms with Gasteiger partial charge in [-0.05, 0) is 52.6 Å². The third-order valence-electron chi connectivity index (χ3n) is 6.45. The first-order valence-corrected chi connectivity index (χ1v) is 10.5. The molecule has 7 heteroatoms. The van der Waals surface area contributed by atoms with Gasteiger partial charge in [-0.3, -0.25) is 0 Å². The molecule has 1 rings (SSSR count). The summed E-state index contributed by atoms with van der Waals surface area (Å²) < 4.78 is 0. The SMILES string of the molecule is CN(C)CCN(C)c1nc(NC(C)(C)C(C)(C)C)nc(NC(C)(C)C(C)(C)C)n1. The second-order valence-electron chi connectivity index (χ2n) is 11.5. The van der Waals surface area contributed by atoms with Crippen LogP contribution < -0.4 is 15.5 Å². The number of aromatic nitrogens is 3. The molecule has 29 heavy (non-hydrogen) atoms. The Hall–Kier alpha value is -1.63. The normalized spacial score (nSPS) is 13.6. The van der Waals surface area contributed by atoms with Crippen LogP contribution in [0.5, 0.6) is 0 Å². The van der Waals surface area contributed by atoms with Crippen LogP contribution in [-0.2, 0) is 0 Å². The molecule has 0 bridgehead atoms. The highest BCUT2D eigenvalue weighted by atomic mass is 15.3. The van der Waals surface area contributed by atoms with Crippen molar-refractivity contribution in [3.8, 4) is 0 Å². The number of nitrogens with one attached hydrogen (secondary N) is 2. The van der Waals surface area contributed by atoms with E-state index < -0.39 is 0 Å². The molecule has 7 nitrogen and oxygen atoms in total. The smallest absolute Gasteiger partial charge is 0.231 e. The Morgan fingerprint density at radius 1 is 0.621 bits per heavy atom. The summed E-state index contributed by atoms with van der Waals surface area (Å²) in [7, 11) is 6.16. The van der Waals surface area contributed by atoms with Gasteiger partial charge in [-0.15, -0.1) is 0 Å². The van der Waals surface area contributed by atoms with Gasteiger partial charge in [0.2, 0.25) is 17.8 Å². The predicted molar refractivity (Wildman–Crippen MR) is 126 cm³/mol. The average Bonchev–Trinajstić information content (AvgIpc) is 2.49. The highest BCUT2D eigenvalue weighted by Gasteiger charge is 2.35. The van der Waals surface area contributed by atoms with Gasteiger partial charge in [0.05, 0.1) is 0 Å². The van der Waals surface area contributed by atoms with E-state index in [1.165, 1.54) is 0 Å². The predicted octanol–water partition coefficient (Wildman–Crippen LogP) is 4.34. The van der Waals surface area contributed by atoms with Crippen molar-refractivity contribution in [3.05, 3.63) is 0 Å². The lowest BCUT2D eigenvalue weighted by atomic mass is 9.76. The molecule has 0 saturated carbocycles. The van der Waals surface area contributed by atoms with Crippen LogP contribution in [0.15, 0.2) is 0 Å². The highest BCUT2D eigenvalue weighted by Crippen LogP contribution is 2.34. The second-order valence-corrected chi connectivity index (χ2v) is 11.5. The van der Waals surface area contributed by atoms with Gasteiger partial charge in [0.1, 0.15) is 0 Å². The monoisotopic (exact) mass is 407 g/mol. The van der Waals surface area contributed by atoms with E-state index in [0.717, 1.165) is 13.1 Å². The Balaban J connectivity index is 3.32. The molecule has 0 aliphatic carbocycles. The second kappa shape index (κ2) is 8.62. The van der Waals surface area contributed by atoms with Crippen LogP contribution in [0.1, 0.15) is 69.2 Å². The van der Waals surface area contributed by atoms with E-state index in [4.69, 9.17) is 15.0 Å². The molecular weight excluding hydrogens is 362 g/mol. The largest absolute Gasteiger partial charge is 0.349 e. The minimum atomic E-state index is -0.190. The van der Waals surface area contributed by atoms with Crippen LogP contribution in [0.3, 0.4) is 0 Å². The zero-order valence-electron chi connectivity index (χ0n) is 21.2. The summed E-state index contributed by atoms with van der Waals surface area (Å²) in [4.78, 5) is 18.4. The Bertz CT molecular complexity index is 620. The summed E-state index contributed by atoms with van der Waals surface area (Å²) in [6, 6.07) is 0. The lowest BCUT2D eigenvalue weighted by molar-refractivity contribution is 0.251. The van der Waals surface area contributed by atoms with Crippen molar-refractivity contribution < 1.29 is 0 Å². The molecule has 0 saturated heterocycles. The first kappa shape index (κ1) is 25.4. The summed E-state index contributed by atoms with van der Waals surface area (Å²) in [6.07, 6.45) is 0. The van der Waals surface area contributed by atoms with Gasteiger partial charge in [-0.1, -0.05) is 41.5 Å². The molecule has 0 atom stereocenters. The van der Waals surface area contributed by atoms with E-state index in [1.54, 1.807) is 0 Å². The number of hydrogen-bond acceptors (Lipinski definition) is 7. The fourth-order valence-corrected chi connectivity index (χ4v) is 2.03. The molecule has 0 aliphatic rings. The molecular formula is C22H45N7. The van der Waals surface area contributed by atoms with Gasteiger partial charge in [0.15, 0.2) is 0 Å². The summed E-state index contributed by atoms with van der Waals surface area (Å²) in [5.41, 5.74) is -0.306. The maximum absolute atomic E-state index is 4.74. The molecule has 1 aromatic heterocycles. The molecule has 1 aromatic rings. The van der Waals surface area contributed by atoms with Crippen molar-refractivity contribution in [2.24, 2.45) is 10.8 Å². The zero-order chi connectivity index (χ0) is 22.8. The van der Waals surface area contributed by atoms with E-state index in [2.05, 4.69) is 104 Å². The van der Waals surface area contributed by atoms with Gasteiger partial charge in [-0.2, -0.15) is 15.0 Å². The summed E-state index contributed by atoms with van der Waals surface area (Å²) in [5.74, 6) is 1.86. The van der Waals surface area contributed by atoms with E-state index in [1.807, 2.05) is 7.05 Å². The van der Waals surface area contributed by atoms with Gasteiger partial charge in [-0.25, -0.2) is 0 Å². The van der Waals surface area contributed by atoms with Crippen LogP contribution in [0, 0.1) is 10.8 Å². The maximum atomic E-state index is 4.74. The summed E-state index contributed by atoms with van der Waals surface area (Å²) in [5, 5.41) is 7.09. The van der Waals surface area contributed by atoms with E-state index in [-0.39, 0.29) is 21.9 Å². The van der Waals surface area contributed by atoms with Crippen LogP contribution in [0.25, 0.3) is 0 Å². The molecule has 0 radical (unpaired) electrons. The van der Waals surface area contributed by atoms with Crippen LogP contribution in [0.2, 0.25) is 0 Å². The van der Waals surface area contributed by atoms with Crippen molar-refractivity contribution in [3.63, 3.8) is 0 Å². The van der Waals surface area contributed by atoms with E-state index in [0.29, 0.717) is 17.8 Å². The molecule has 0 unspecified atom stereocenters. The van der Waals surface area contributed by atoms with Crippen LogP contribution in [-0.4, -0.2) is 65.2 Å². The molecule has 0 spiro atoms. The zero-order valence-corrected chi connectivity index (χ0v) is 21.2. The average molecular weight is 408 g/mol. The van der Waals surface area contributed by atoms with E-state index in [9.17, 15) is 0 Å². The van der Waals surface area contributed by atoms with Crippen molar-refractivity contribution in [1.29, 1.82) is 0 Å². The van der Waals surface area contributed by atoms with Gasteiger partial charge >= 0.3 is 0 Å². The standard InChI is InChI=1S/C22H45N7/c1-19(2,3)21(7,8)26-16-23-17(27-22(9,10)20(4,5)6)25-18(24-16)29(13)15-14-28(11)12/h14-15H2,1-13H3,(H2,23,24,25,26,27). The van der Waals surface area contributed by atoms with Crippen LogP contribution in [0.4, 0.5) is 17.8 Å². The van der Waals surface area contributed by atoms with Gasteiger partial charge in [0, 0.05) is 31.2 Å². The first-order chi connectivity index (χ1) is 12.9. The van der Waals surface area contributed by atoms with Crippen molar-refractivity contribution in [2.45, 2.75) is 80.3 Å². The fourth-order valence-electron chi connectivity index (χ4n) is 2.03. The third-order valence-corrected chi connectivity index (χ3v) is 6.45. The summed E-state index contributed by atoms with van der Waals surface area (Å²) in [6.45, 7) is 23.8. The minimum absolute atomic E-state index is 0.0366. The molecule has 0 aliphatic heterocycles. The van der Waals surface area contributed by atoms with E-state index >= 15 is 0 Å². The molecule has 2 N–H and O–H groups in total. The first-order valence-electron chi connectivity index (χ1n) is 10.5. The third kappa shape index (κ3) is 6.98. The minimum Gasteiger partial charge on any atom is -0.349 e. The van der Waals surface area contributed by atoms with Gasteiger partial charge < -0.3 is 20.4 Å². The van der Waals surface area contributed by atoms with Crippen LogP contribution >= 0.6 is 0 Å². The molecule has 0 amide bonds. The number of likely N-dealkylation sites (N-methyl/N-ethyl adjacent to an activating group) is 2. The topological polar surface area (TPSA) is 69.2 Å². The Morgan fingerprint density at radius 2 is 1.00 bits per heavy atom. The van der Waals surface area contributed by atoms with Gasteiger partial charge in [0.25, 0.3) is 0 Å². The number of rotatable bonds is 8. The van der Waals surface area contributed by atoms with Crippen molar-refractivity contribution in [1.82, 2.24) is 19.9 Å². The quantitative estimate of drug-likeness (QED) is 0.664. The molecule has 1 heterocycles. The molecule has 168 valence electrons. The maximum Gasteiger partial charge on any atom is 0.231 e. The van der Waals surface area contributed by atoms with Crippen molar-refractivity contribution >= 4 is 17.8 Å². The Morgan fingerprint density at radius 3 is 1.31 bits per heavy atom. The lowest BCUT2D eigenvalue weighted by Gasteiger charge is -2.40.